The third kappa shape index (κ3) is 4.57. The Morgan fingerprint density at radius 1 is 1.23 bits per heavy atom. The van der Waals surface area contributed by atoms with Crippen molar-refractivity contribution in [3.63, 3.8) is 0 Å². The van der Waals surface area contributed by atoms with E-state index in [1.54, 1.807) is 0 Å². The van der Waals surface area contributed by atoms with Gasteiger partial charge in [0.2, 0.25) is 0 Å². The molecule has 0 aromatic carbocycles. The van der Waals surface area contributed by atoms with Crippen molar-refractivity contribution in [2.24, 2.45) is 5.92 Å². The monoisotopic (exact) mass is 195 g/mol. The zero-order valence-corrected chi connectivity index (χ0v) is 8.56. The number of carboxylic acids is 1. The Morgan fingerprint density at radius 2 is 1.62 bits per heavy atom. The minimum absolute atomic E-state index is 0. The first-order valence-corrected chi connectivity index (χ1v) is 3.34. The Kier molecular flexibility index (Phi) is 7.44. The predicted octanol–water partition coefficient (Wildman–Crippen LogP) is -4.00. The van der Waals surface area contributed by atoms with Crippen molar-refractivity contribution in [3.05, 3.63) is 0 Å². The molecule has 0 amide bonds. The van der Waals surface area contributed by atoms with Gasteiger partial charge in [-0.25, -0.2) is 0 Å². The van der Waals surface area contributed by atoms with Crippen molar-refractivity contribution < 1.29 is 38.4 Å². The van der Waals surface area contributed by atoms with E-state index in [-0.39, 0.29) is 59.6 Å². The fourth-order valence-electron chi connectivity index (χ4n) is 1.15. The summed E-state index contributed by atoms with van der Waals surface area (Å²) in [5, 5.41) is 10.2. The molecular weight excluding hydrogens is 186 g/mol. The van der Waals surface area contributed by atoms with Crippen LogP contribution in [0.3, 0.4) is 0 Å². The van der Waals surface area contributed by atoms with E-state index in [1.807, 2.05) is 0 Å². The first kappa shape index (κ1) is 15.3. The molecule has 1 aliphatic rings. The second-order valence-electron chi connectivity index (χ2n) is 2.68. The summed E-state index contributed by atoms with van der Waals surface area (Å²) >= 11 is 0. The van der Waals surface area contributed by atoms with E-state index in [1.165, 1.54) is 0 Å². The first-order valence-electron chi connectivity index (χ1n) is 3.34. The Labute approximate surface area is 91.3 Å². The molecule has 0 saturated heterocycles. The molecule has 0 radical (unpaired) electrons. The van der Waals surface area contributed by atoms with E-state index in [0.717, 1.165) is 0 Å². The van der Waals surface area contributed by atoms with E-state index < -0.39 is 11.9 Å². The molecule has 0 aliphatic heterocycles. The zero-order chi connectivity index (χ0) is 8.43. The van der Waals surface area contributed by atoms with Gasteiger partial charge < -0.3 is 19.8 Å². The maximum absolute atomic E-state index is 10.7. The second kappa shape index (κ2) is 6.32. The molecule has 1 rings (SSSR count). The molecule has 0 heterocycles. The van der Waals surface area contributed by atoms with Gasteiger partial charge in [-0.2, -0.15) is 0 Å². The number of carbonyl (C=O) groups is 3. The molecule has 13 heavy (non-hydrogen) atoms. The van der Waals surface area contributed by atoms with Gasteiger partial charge in [-0.3, -0.25) is 9.59 Å². The predicted molar refractivity (Wildman–Crippen MR) is 42.1 cm³/mol. The Morgan fingerprint density at radius 3 is 1.92 bits per heavy atom. The number of Topliss-reactive ketones (excluding diaryl/α,β-unsaturated/α-hetero) is 2. The van der Waals surface area contributed by atoms with Crippen LogP contribution >= 0.6 is 9.90 Å². The van der Waals surface area contributed by atoms with E-state index in [2.05, 4.69) is 0 Å². The molecule has 1 aliphatic carbocycles. The van der Waals surface area contributed by atoms with Gasteiger partial charge in [0.05, 0.1) is 6.42 Å². The fourth-order valence-corrected chi connectivity index (χ4v) is 1.15. The van der Waals surface area contributed by atoms with Crippen LogP contribution in [0.5, 0.6) is 0 Å². The zero-order valence-electron chi connectivity index (χ0n) is 7.41. The van der Waals surface area contributed by atoms with Crippen LogP contribution in [-0.2, 0) is 14.4 Å². The number of ketones is 2. The molecule has 6 heteroatoms. The van der Waals surface area contributed by atoms with Crippen molar-refractivity contribution in [1.29, 1.82) is 0 Å². The van der Waals surface area contributed by atoms with Crippen molar-refractivity contribution in [2.75, 3.05) is 0 Å². The van der Waals surface area contributed by atoms with E-state index in [9.17, 15) is 19.5 Å². The summed E-state index contributed by atoms with van der Waals surface area (Å²) in [6.45, 7) is 0. The molecule has 0 aromatic rings. The normalized spacial score (nSPS) is 17.2. The standard InChI is InChI=1S/C7H8O4.Li.H2P/c8-5-1-4(7(10)11)2-6(9)3-5;;/h4H,1-3H2,(H,10,11);;1H2/q;+1;-1/p-1. The second-order valence-corrected chi connectivity index (χ2v) is 2.68. The third-order valence-corrected chi connectivity index (χ3v) is 1.68. The van der Waals surface area contributed by atoms with Gasteiger partial charge in [-0.1, -0.05) is 0 Å². The Bertz CT molecular complexity index is 213. The quantitative estimate of drug-likeness (QED) is 0.243. The smallest absolute Gasteiger partial charge is 0.577 e. The maximum Gasteiger partial charge on any atom is 1.00 e. The Balaban J connectivity index is 0. The van der Waals surface area contributed by atoms with Gasteiger partial charge >= 0.3 is 18.9 Å². The summed E-state index contributed by atoms with van der Waals surface area (Å²) in [6.07, 6.45) is -0.202. The average Bonchev–Trinajstić information content (AvgIpc) is 1.85. The number of hydrogen-bond donors (Lipinski definition) is 0. The van der Waals surface area contributed by atoms with Crippen LogP contribution < -0.4 is 24.0 Å². The Hall–Kier alpha value is -0.163. The molecule has 0 unspecified atom stereocenters. The number of carbonyl (C=O) groups excluding carboxylic acids is 3. The van der Waals surface area contributed by atoms with E-state index in [4.69, 9.17) is 0 Å². The van der Waals surface area contributed by atoms with Crippen LogP contribution in [-0.4, -0.2) is 17.5 Å². The van der Waals surface area contributed by atoms with Gasteiger partial charge in [0.1, 0.15) is 11.6 Å². The van der Waals surface area contributed by atoms with E-state index in [0.29, 0.717) is 0 Å². The summed E-state index contributed by atoms with van der Waals surface area (Å²) in [5.41, 5.74) is 0. The minimum atomic E-state index is -1.30. The molecule has 0 atom stereocenters. The molecule has 0 bridgehead atoms. The van der Waals surface area contributed by atoms with Crippen LogP contribution in [0.1, 0.15) is 19.3 Å². The average molecular weight is 195 g/mol. The van der Waals surface area contributed by atoms with Crippen molar-refractivity contribution in [3.8, 4) is 0 Å². The van der Waals surface area contributed by atoms with Crippen molar-refractivity contribution >= 4 is 27.4 Å². The molecule has 0 N–H and O–H groups in total. The van der Waals surface area contributed by atoms with Crippen molar-refractivity contribution in [1.82, 2.24) is 0 Å². The van der Waals surface area contributed by atoms with Gasteiger partial charge in [0, 0.05) is 24.7 Å². The summed E-state index contributed by atoms with van der Waals surface area (Å²) in [4.78, 5) is 31.6. The largest absolute Gasteiger partial charge is 1.00 e. The van der Waals surface area contributed by atoms with Crippen LogP contribution in [0.4, 0.5) is 0 Å². The topological polar surface area (TPSA) is 74.3 Å². The summed E-state index contributed by atoms with van der Waals surface area (Å²) in [6, 6.07) is 0. The number of hydrogen-bond acceptors (Lipinski definition) is 4. The van der Waals surface area contributed by atoms with Crippen molar-refractivity contribution in [2.45, 2.75) is 19.3 Å². The summed E-state index contributed by atoms with van der Waals surface area (Å²) in [5.74, 6) is -2.78. The van der Waals surface area contributed by atoms with Gasteiger partial charge in [0.15, 0.2) is 0 Å². The van der Waals surface area contributed by atoms with Crippen LogP contribution in [0.2, 0.25) is 0 Å². The molecule has 4 nitrogen and oxygen atoms in total. The number of rotatable bonds is 1. The number of carboxylic acid groups (broad SMARTS) is 1. The van der Waals surface area contributed by atoms with Crippen LogP contribution in [0.25, 0.3) is 0 Å². The molecule has 68 valence electrons. The molecule has 1 fully saturated rings. The van der Waals surface area contributed by atoms with Crippen LogP contribution in [0, 0.1) is 5.92 Å². The fraction of sp³-hybridized carbons (Fsp3) is 0.571. The number of aliphatic carboxylic acids is 1. The molecular formula is C7H9LiO4P-. The molecule has 0 aromatic heterocycles. The van der Waals surface area contributed by atoms with E-state index >= 15 is 0 Å². The molecule has 0 spiro atoms. The summed E-state index contributed by atoms with van der Waals surface area (Å²) in [7, 11) is 0. The first-order chi connectivity index (χ1) is 5.09. The van der Waals surface area contributed by atoms with Gasteiger partial charge in [0.25, 0.3) is 0 Å². The van der Waals surface area contributed by atoms with Crippen LogP contribution in [0.15, 0.2) is 0 Å². The molecule has 1 saturated carbocycles. The van der Waals surface area contributed by atoms with Gasteiger partial charge in [-0.15, -0.1) is 0 Å². The summed E-state index contributed by atoms with van der Waals surface area (Å²) < 4.78 is 0. The van der Waals surface area contributed by atoms with Gasteiger partial charge in [-0.05, 0) is 0 Å². The SMILES string of the molecule is O=C1CC(=O)CC(C(=O)[O-])C1.[Li+].[PH2-]. The third-order valence-electron chi connectivity index (χ3n) is 1.68. The maximum atomic E-state index is 10.7. The minimum Gasteiger partial charge on any atom is -0.577 e.